The molecule has 0 aliphatic carbocycles. The summed E-state index contributed by atoms with van der Waals surface area (Å²) in [5.74, 6) is 0.701. The summed E-state index contributed by atoms with van der Waals surface area (Å²) in [4.78, 5) is 16.0. The van der Waals surface area contributed by atoms with Gasteiger partial charge in [-0.25, -0.2) is 0 Å². The van der Waals surface area contributed by atoms with E-state index < -0.39 is 0 Å². The molecule has 0 spiro atoms. The molecule has 5 nitrogen and oxygen atoms in total. The molecule has 2 aromatic carbocycles. The van der Waals surface area contributed by atoms with E-state index in [2.05, 4.69) is 66.0 Å². The monoisotopic (exact) mass is 508 g/mol. The van der Waals surface area contributed by atoms with E-state index in [1.807, 2.05) is 24.3 Å². The maximum absolute atomic E-state index is 11.7. The van der Waals surface area contributed by atoms with Crippen LogP contribution in [0.5, 0.6) is 0 Å². The Morgan fingerprint density at radius 3 is 2.28 bits per heavy atom. The van der Waals surface area contributed by atoms with Crippen molar-refractivity contribution in [1.29, 1.82) is 0 Å². The summed E-state index contributed by atoms with van der Waals surface area (Å²) < 4.78 is 0. The quantitative estimate of drug-likeness (QED) is 0.316. The van der Waals surface area contributed by atoms with Gasteiger partial charge in [0, 0.05) is 32.7 Å². The zero-order valence-corrected chi connectivity index (χ0v) is 20.3. The van der Waals surface area contributed by atoms with Crippen molar-refractivity contribution >= 4 is 35.8 Å². The second-order valence-electron chi connectivity index (χ2n) is 7.83. The lowest BCUT2D eigenvalue weighted by Crippen LogP contribution is -2.37. The van der Waals surface area contributed by atoms with Crippen molar-refractivity contribution in [2.75, 3.05) is 20.6 Å². The van der Waals surface area contributed by atoms with Crippen LogP contribution >= 0.6 is 24.0 Å². The van der Waals surface area contributed by atoms with Crippen LogP contribution in [0.3, 0.4) is 0 Å². The Balaban J connectivity index is 0.00000420. The van der Waals surface area contributed by atoms with Crippen molar-refractivity contribution in [3.8, 4) is 0 Å². The van der Waals surface area contributed by atoms with Gasteiger partial charge in [0.1, 0.15) is 0 Å². The van der Waals surface area contributed by atoms with Crippen molar-refractivity contribution in [2.45, 2.75) is 39.2 Å². The number of aliphatic imine (C=N–C) groups is 1. The highest BCUT2D eigenvalue weighted by atomic mass is 127. The third-order valence-corrected chi connectivity index (χ3v) is 4.63. The fraction of sp³-hybridized carbons (Fsp3) is 0.391. The van der Waals surface area contributed by atoms with E-state index in [0.717, 1.165) is 31.0 Å². The Morgan fingerprint density at radius 2 is 1.69 bits per heavy atom. The summed E-state index contributed by atoms with van der Waals surface area (Å²) in [5, 5.41) is 9.32. The Bertz CT molecular complexity index is 810. The van der Waals surface area contributed by atoms with Crippen LogP contribution in [0.25, 0.3) is 0 Å². The number of carbonyl (C=O) groups excluding carboxylic acids is 1. The summed E-state index contributed by atoms with van der Waals surface area (Å²) in [6.07, 6.45) is 0.811. The van der Waals surface area contributed by atoms with E-state index >= 15 is 0 Å². The van der Waals surface area contributed by atoms with Gasteiger partial charge in [0.25, 0.3) is 5.91 Å². The lowest BCUT2D eigenvalue weighted by molar-refractivity contribution is 0.0963. The summed E-state index contributed by atoms with van der Waals surface area (Å²) in [6, 6.07) is 16.4. The summed E-state index contributed by atoms with van der Waals surface area (Å²) in [6.45, 7) is 8.11. The Morgan fingerprint density at radius 1 is 1.00 bits per heavy atom. The van der Waals surface area contributed by atoms with Gasteiger partial charge >= 0.3 is 0 Å². The lowest BCUT2D eigenvalue weighted by Gasteiger charge is -2.19. The zero-order chi connectivity index (χ0) is 20.6. The first kappa shape index (κ1) is 24.9. The first-order valence-corrected chi connectivity index (χ1v) is 9.68. The molecule has 3 N–H and O–H groups in total. The molecule has 158 valence electrons. The number of halogens is 1. The molecular weight excluding hydrogens is 475 g/mol. The summed E-state index contributed by atoms with van der Waals surface area (Å²) in [5.41, 5.74) is 4.51. The molecule has 0 aliphatic rings. The first-order valence-electron chi connectivity index (χ1n) is 9.68. The predicted octanol–water partition coefficient (Wildman–Crippen LogP) is 3.87. The molecule has 0 aromatic heterocycles. The second kappa shape index (κ2) is 11.8. The molecular formula is C23H33IN4O. The Kier molecular flexibility index (Phi) is 10.2. The largest absolute Gasteiger partial charge is 0.356 e. The van der Waals surface area contributed by atoms with Crippen LogP contribution in [0.15, 0.2) is 53.5 Å². The first-order chi connectivity index (χ1) is 13.3. The van der Waals surface area contributed by atoms with Gasteiger partial charge in [-0.3, -0.25) is 9.79 Å². The van der Waals surface area contributed by atoms with Crippen molar-refractivity contribution in [2.24, 2.45) is 4.99 Å². The van der Waals surface area contributed by atoms with E-state index in [9.17, 15) is 4.79 Å². The number of carbonyl (C=O) groups is 1. The van der Waals surface area contributed by atoms with Crippen LogP contribution in [-0.4, -0.2) is 32.5 Å². The Labute approximate surface area is 191 Å². The van der Waals surface area contributed by atoms with Crippen LogP contribution < -0.4 is 16.0 Å². The average molecular weight is 508 g/mol. The number of guanidine groups is 1. The normalized spacial score (nSPS) is 11.4. The number of hydrogen-bond acceptors (Lipinski definition) is 2. The van der Waals surface area contributed by atoms with Crippen LogP contribution in [0.2, 0.25) is 0 Å². The minimum Gasteiger partial charge on any atom is -0.356 e. The molecule has 0 saturated carbocycles. The molecule has 0 fully saturated rings. The van der Waals surface area contributed by atoms with Gasteiger partial charge in [0.05, 0.1) is 0 Å². The van der Waals surface area contributed by atoms with E-state index in [-0.39, 0.29) is 35.3 Å². The highest BCUT2D eigenvalue weighted by Crippen LogP contribution is 2.22. The molecule has 2 rings (SSSR count). The smallest absolute Gasteiger partial charge is 0.251 e. The van der Waals surface area contributed by atoms with Crippen LogP contribution in [0.1, 0.15) is 47.8 Å². The third kappa shape index (κ3) is 8.04. The number of benzene rings is 2. The van der Waals surface area contributed by atoms with Crippen molar-refractivity contribution < 1.29 is 4.79 Å². The predicted molar refractivity (Wildman–Crippen MR) is 132 cm³/mol. The van der Waals surface area contributed by atoms with Gasteiger partial charge in [-0.2, -0.15) is 0 Å². The lowest BCUT2D eigenvalue weighted by atomic mass is 9.87. The van der Waals surface area contributed by atoms with Crippen molar-refractivity contribution in [3.05, 3.63) is 70.8 Å². The highest BCUT2D eigenvalue weighted by Gasteiger charge is 2.12. The third-order valence-electron chi connectivity index (χ3n) is 4.63. The summed E-state index contributed by atoms with van der Waals surface area (Å²) in [7, 11) is 3.41. The molecule has 2 aromatic rings. The molecule has 0 atom stereocenters. The van der Waals surface area contributed by atoms with E-state index in [1.165, 1.54) is 11.1 Å². The van der Waals surface area contributed by atoms with Crippen LogP contribution in [-0.2, 0) is 18.4 Å². The fourth-order valence-corrected chi connectivity index (χ4v) is 2.87. The maximum Gasteiger partial charge on any atom is 0.251 e. The van der Waals surface area contributed by atoms with Gasteiger partial charge < -0.3 is 16.0 Å². The van der Waals surface area contributed by atoms with Crippen molar-refractivity contribution in [1.82, 2.24) is 16.0 Å². The zero-order valence-electron chi connectivity index (χ0n) is 18.0. The molecule has 1 amide bonds. The van der Waals surface area contributed by atoms with E-state index in [1.54, 1.807) is 14.1 Å². The topological polar surface area (TPSA) is 65.5 Å². The molecule has 0 saturated heterocycles. The minimum absolute atomic E-state index is 0. The molecule has 6 heteroatoms. The van der Waals surface area contributed by atoms with Crippen LogP contribution in [0.4, 0.5) is 0 Å². The average Bonchev–Trinajstić information content (AvgIpc) is 2.69. The highest BCUT2D eigenvalue weighted by molar-refractivity contribution is 14.0. The van der Waals surface area contributed by atoms with Gasteiger partial charge in [-0.1, -0.05) is 57.2 Å². The molecule has 0 radical (unpaired) electrons. The SMILES string of the molecule is CN=C(NCCc1cccc(C(=O)NC)c1)NCc1ccc(C(C)(C)C)cc1.I. The van der Waals surface area contributed by atoms with Crippen molar-refractivity contribution in [3.63, 3.8) is 0 Å². The maximum atomic E-state index is 11.7. The van der Waals surface area contributed by atoms with E-state index in [4.69, 9.17) is 0 Å². The molecule has 0 heterocycles. The number of amides is 1. The number of rotatable bonds is 6. The molecule has 0 aliphatic heterocycles. The van der Waals surface area contributed by atoms with Gasteiger partial charge in [0.2, 0.25) is 0 Å². The molecule has 0 unspecified atom stereocenters. The molecule has 29 heavy (non-hydrogen) atoms. The van der Waals surface area contributed by atoms with Crippen LogP contribution in [0, 0.1) is 0 Å². The number of nitrogens with one attached hydrogen (secondary N) is 3. The fourth-order valence-electron chi connectivity index (χ4n) is 2.87. The van der Waals surface area contributed by atoms with Gasteiger partial charge in [0.15, 0.2) is 5.96 Å². The minimum atomic E-state index is -0.0650. The molecule has 0 bridgehead atoms. The van der Waals surface area contributed by atoms with Gasteiger partial charge in [-0.15, -0.1) is 24.0 Å². The second-order valence-corrected chi connectivity index (χ2v) is 7.83. The standard InChI is InChI=1S/C23H32N4O.HI/c1-23(2,3)20-11-9-18(10-12-20)16-27-22(25-5)26-14-13-17-7-6-8-19(15-17)21(28)24-4;/h6-12,15H,13-14,16H2,1-5H3,(H,24,28)(H2,25,26,27);1H. The Hall–Kier alpha value is -2.09. The van der Waals surface area contributed by atoms with Gasteiger partial charge in [-0.05, 0) is 40.7 Å². The summed E-state index contributed by atoms with van der Waals surface area (Å²) >= 11 is 0. The van der Waals surface area contributed by atoms with E-state index in [0.29, 0.717) is 5.56 Å². The number of hydrogen-bond donors (Lipinski definition) is 3. The number of nitrogens with zero attached hydrogens (tertiary/aromatic N) is 1.